The van der Waals surface area contributed by atoms with Crippen molar-refractivity contribution in [3.05, 3.63) is 23.9 Å². The van der Waals surface area contributed by atoms with Crippen molar-refractivity contribution >= 4 is 21.7 Å². The normalized spacial score (nSPS) is 11.6. The summed E-state index contributed by atoms with van der Waals surface area (Å²) in [4.78, 5) is 9.16. The van der Waals surface area contributed by atoms with Crippen LogP contribution in [0.25, 0.3) is 21.7 Å². The van der Waals surface area contributed by atoms with Crippen LogP contribution >= 0.6 is 11.3 Å². The molecule has 0 aliphatic heterocycles. The standard InChI is InChI=1S/C12H11FN5S.Ir/c1-12(2,3)18-9(16-17-11(18)13)7-4-8-10(14-5-7)19-6-15-8;/h4,6H,1-3H3;/q-1;. The SMILES string of the molecule is CC(C)(C)n1c(F)nnc1-c1[c-]nc2scnc2c1.[Ir]. The number of halogens is 1. The Kier molecular flexibility index (Phi) is 3.99. The molecule has 0 fully saturated rings. The molecular weight excluding hydrogens is 457 g/mol. The molecule has 5 nitrogen and oxygen atoms in total. The Balaban J connectivity index is 0.00000147. The Morgan fingerprint density at radius 3 is 2.75 bits per heavy atom. The van der Waals surface area contributed by atoms with Gasteiger partial charge in [0.1, 0.15) is 0 Å². The Morgan fingerprint density at radius 2 is 2.05 bits per heavy atom. The van der Waals surface area contributed by atoms with E-state index in [4.69, 9.17) is 0 Å². The van der Waals surface area contributed by atoms with Crippen LogP contribution in [0.4, 0.5) is 4.39 Å². The fourth-order valence-electron chi connectivity index (χ4n) is 1.86. The van der Waals surface area contributed by atoms with Crippen LogP contribution in [0.1, 0.15) is 20.8 Å². The second kappa shape index (κ2) is 5.27. The summed E-state index contributed by atoms with van der Waals surface area (Å²) in [5, 5.41) is 7.39. The van der Waals surface area contributed by atoms with Crippen molar-refractivity contribution in [1.29, 1.82) is 0 Å². The zero-order chi connectivity index (χ0) is 13.6. The van der Waals surface area contributed by atoms with Crippen LogP contribution in [0.15, 0.2) is 11.6 Å². The fraction of sp³-hybridized carbons (Fsp3) is 0.333. The van der Waals surface area contributed by atoms with Gasteiger partial charge in [-0.25, -0.2) is 0 Å². The number of thiazole rings is 1. The van der Waals surface area contributed by atoms with E-state index in [9.17, 15) is 4.39 Å². The molecule has 0 aliphatic rings. The van der Waals surface area contributed by atoms with E-state index in [0.717, 1.165) is 10.3 Å². The van der Waals surface area contributed by atoms with Crippen molar-refractivity contribution in [2.75, 3.05) is 0 Å². The van der Waals surface area contributed by atoms with Gasteiger partial charge in [-0.1, -0.05) is 5.56 Å². The number of pyridine rings is 1. The largest absolute Gasteiger partial charge is 0.340 e. The van der Waals surface area contributed by atoms with Gasteiger partial charge in [-0.15, -0.1) is 11.2 Å². The predicted octanol–water partition coefficient (Wildman–Crippen LogP) is 2.64. The monoisotopic (exact) mass is 469 g/mol. The molecule has 0 aliphatic carbocycles. The third kappa shape index (κ3) is 2.51. The van der Waals surface area contributed by atoms with E-state index in [1.54, 1.807) is 11.6 Å². The van der Waals surface area contributed by atoms with Crippen LogP contribution < -0.4 is 0 Å². The van der Waals surface area contributed by atoms with E-state index >= 15 is 0 Å². The maximum Gasteiger partial charge on any atom is 0.300 e. The van der Waals surface area contributed by atoms with Crippen LogP contribution in [0, 0.1) is 12.3 Å². The summed E-state index contributed by atoms with van der Waals surface area (Å²) in [5.41, 5.74) is 2.59. The van der Waals surface area contributed by atoms with Gasteiger partial charge in [0.05, 0.1) is 16.2 Å². The molecule has 0 saturated heterocycles. The molecule has 0 N–H and O–H groups in total. The van der Waals surface area contributed by atoms with Crippen molar-refractivity contribution in [2.24, 2.45) is 0 Å². The Morgan fingerprint density at radius 1 is 1.30 bits per heavy atom. The summed E-state index contributed by atoms with van der Waals surface area (Å²) in [6, 6.07) is 1.80. The molecule has 0 amide bonds. The van der Waals surface area contributed by atoms with Crippen molar-refractivity contribution in [1.82, 2.24) is 24.7 Å². The number of hydrogen-bond donors (Lipinski definition) is 0. The smallest absolute Gasteiger partial charge is 0.300 e. The maximum absolute atomic E-state index is 13.8. The molecule has 107 valence electrons. The molecule has 0 bridgehead atoms. The number of rotatable bonds is 1. The average molecular weight is 469 g/mol. The van der Waals surface area contributed by atoms with Gasteiger partial charge in [0.15, 0.2) is 0 Å². The van der Waals surface area contributed by atoms with E-state index in [1.165, 1.54) is 15.9 Å². The van der Waals surface area contributed by atoms with Crippen LogP contribution in [0.3, 0.4) is 0 Å². The maximum atomic E-state index is 13.8. The van der Waals surface area contributed by atoms with Crippen molar-refractivity contribution < 1.29 is 24.5 Å². The molecule has 8 heteroatoms. The van der Waals surface area contributed by atoms with Gasteiger partial charge in [0.25, 0.3) is 0 Å². The molecule has 1 radical (unpaired) electrons. The third-order valence-corrected chi connectivity index (χ3v) is 3.40. The first-order chi connectivity index (χ1) is 8.97. The molecule has 3 aromatic rings. The van der Waals surface area contributed by atoms with E-state index < -0.39 is 11.6 Å². The third-order valence-electron chi connectivity index (χ3n) is 2.67. The summed E-state index contributed by atoms with van der Waals surface area (Å²) in [5.74, 6) is 0.410. The van der Waals surface area contributed by atoms with Gasteiger partial charge >= 0.3 is 6.08 Å². The number of hydrogen-bond acceptors (Lipinski definition) is 5. The number of nitrogens with zero attached hydrogens (tertiary/aromatic N) is 5. The minimum Gasteiger partial charge on any atom is -0.340 e. The van der Waals surface area contributed by atoms with Crippen molar-refractivity contribution in [3.63, 3.8) is 0 Å². The topological polar surface area (TPSA) is 56.5 Å². The van der Waals surface area contributed by atoms with Crippen molar-refractivity contribution in [3.8, 4) is 11.4 Å². The summed E-state index contributed by atoms with van der Waals surface area (Å²) >= 11 is 1.44. The van der Waals surface area contributed by atoms with E-state index in [-0.39, 0.29) is 20.1 Å². The molecule has 3 rings (SSSR count). The van der Waals surface area contributed by atoms with Gasteiger partial charge < -0.3 is 9.55 Å². The molecule has 0 atom stereocenters. The first-order valence-corrected chi connectivity index (χ1v) is 6.58. The summed E-state index contributed by atoms with van der Waals surface area (Å²) in [6.45, 7) is 5.66. The first-order valence-electron chi connectivity index (χ1n) is 5.70. The summed E-state index contributed by atoms with van der Waals surface area (Å²) in [7, 11) is 0. The first kappa shape index (κ1) is 15.2. The van der Waals surface area contributed by atoms with Crippen LogP contribution in [0.2, 0.25) is 0 Å². The van der Waals surface area contributed by atoms with Gasteiger partial charge in [-0.2, -0.15) is 20.8 Å². The molecule has 0 aromatic carbocycles. The van der Waals surface area contributed by atoms with Crippen LogP contribution in [-0.4, -0.2) is 24.7 Å². The minimum absolute atomic E-state index is 0. The fourth-order valence-corrected chi connectivity index (χ4v) is 2.46. The summed E-state index contributed by atoms with van der Waals surface area (Å²) < 4.78 is 15.2. The Hall–Kier alpha value is -1.24. The Labute approximate surface area is 132 Å². The van der Waals surface area contributed by atoms with Crippen LogP contribution in [0.5, 0.6) is 0 Å². The number of aromatic nitrogens is 5. The van der Waals surface area contributed by atoms with Crippen molar-refractivity contribution in [2.45, 2.75) is 26.3 Å². The van der Waals surface area contributed by atoms with E-state index in [2.05, 4.69) is 26.4 Å². The molecule has 0 spiro atoms. The molecule has 0 saturated carbocycles. The zero-order valence-corrected chi connectivity index (χ0v) is 14.2. The van der Waals surface area contributed by atoms with Gasteiger partial charge in [-0.3, -0.25) is 4.98 Å². The zero-order valence-electron chi connectivity index (χ0n) is 11.0. The molecular formula is C12H11FIrN5S-. The molecule has 3 aromatic heterocycles. The predicted molar refractivity (Wildman–Crippen MR) is 70.2 cm³/mol. The Bertz CT molecular complexity index is 746. The van der Waals surface area contributed by atoms with Gasteiger partial charge in [0, 0.05) is 31.2 Å². The molecule has 3 heterocycles. The van der Waals surface area contributed by atoms with E-state index in [1.807, 2.05) is 20.8 Å². The average Bonchev–Trinajstić information content (AvgIpc) is 2.92. The number of fused-ring (bicyclic) bond motifs is 1. The van der Waals surface area contributed by atoms with E-state index in [0.29, 0.717) is 11.4 Å². The summed E-state index contributed by atoms with van der Waals surface area (Å²) in [6.07, 6.45) is 2.25. The molecule has 20 heavy (non-hydrogen) atoms. The van der Waals surface area contributed by atoms with Gasteiger partial charge in [-0.05, 0) is 27.0 Å². The van der Waals surface area contributed by atoms with Gasteiger partial charge in [0.2, 0.25) is 0 Å². The second-order valence-corrected chi connectivity index (χ2v) is 5.96. The quantitative estimate of drug-likeness (QED) is 0.516. The second-order valence-electron chi connectivity index (χ2n) is 5.12. The minimum atomic E-state index is -0.616. The van der Waals surface area contributed by atoms with Crippen LogP contribution in [-0.2, 0) is 25.6 Å². The molecule has 0 unspecified atom stereocenters.